The van der Waals surface area contributed by atoms with Crippen LogP contribution in [0.1, 0.15) is 6.92 Å². The first-order chi connectivity index (χ1) is 4.66. The molecule has 0 aliphatic carbocycles. The number of rotatable bonds is 5. The molecule has 0 bridgehead atoms. The van der Waals surface area contributed by atoms with Crippen molar-refractivity contribution >= 4 is 24.2 Å². The molecule has 0 saturated heterocycles. The number of hydrogen-bond acceptors (Lipinski definition) is 4. The molecule has 0 rings (SSSR count). The predicted molar refractivity (Wildman–Crippen MR) is 49.5 cm³/mol. The third-order valence-corrected chi connectivity index (χ3v) is 1.95. The Labute approximate surface area is 76.5 Å². The molecule has 0 saturated carbocycles. The van der Waals surface area contributed by atoms with Crippen molar-refractivity contribution in [1.82, 2.24) is 0 Å². The standard InChI is InChI=1S/C5H11N2O2S.ClH/c1-5(4-7(8)9)10-3-2-6;/h4-5H,2-3,6H2,1H3;1H/q-1;. The van der Waals surface area contributed by atoms with Crippen molar-refractivity contribution in [2.75, 3.05) is 12.3 Å². The minimum Gasteiger partial charge on any atom is -0.330 e. The maximum Gasteiger partial charge on any atom is 0.00364 e. The number of nitro groups is 1. The molecular formula is C5H12ClN2O2S-. The fourth-order valence-corrected chi connectivity index (χ4v) is 1.16. The van der Waals surface area contributed by atoms with E-state index in [1.807, 2.05) is 0 Å². The van der Waals surface area contributed by atoms with E-state index in [1.165, 1.54) is 11.8 Å². The van der Waals surface area contributed by atoms with E-state index in [9.17, 15) is 10.1 Å². The van der Waals surface area contributed by atoms with Crippen LogP contribution < -0.4 is 5.73 Å². The summed E-state index contributed by atoms with van der Waals surface area (Å²) in [6, 6.07) is 0. The summed E-state index contributed by atoms with van der Waals surface area (Å²) < 4.78 is 0. The summed E-state index contributed by atoms with van der Waals surface area (Å²) >= 11 is 1.48. The summed E-state index contributed by atoms with van der Waals surface area (Å²) in [4.78, 5) is 9.46. The molecule has 0 aliphatic rings. The average Bonchev–Trinajstić information content (AvgIpc) is 1.82. The van der Waals surface area contributed by atoms with Crippen molar-refractivity contribution in [3.05, 3.63) is 16.7 Å². The maximum absolute atomic E-state index is 9.88. The molecule has 0 aromatic heterocycles. The molecule has 0 amide bonds. The Bertz CT molecular complexity index is 115. The summed E-state index contributed by atoms with van der Waals surface area (Å²) in [6.07, 6.45) is 0. The number of hydrogen-bond donors (Lipinski definition) is 1. The Morgan fingerprint density at radius 2 is 2.36 bits per heavy atom. The number of halogens is 1. The first kappa shape index (κ1) is 13.5. The average molecular weight is 200 g/mol. The van der Waals surface area contributed by atoms with Gasteiger partial charge in [-0.1, -0.05) is 6.92 Å². The third-order valence-electron chi connectivity index (χ3n) is 0.830. The lowest BCUT2D eigenvalue weighted by Gasteiger charge is -2.12. The highest BCUT2D eigenvalue weighted by Crippen LogP contribution is 2.11. The zero-order valence-electron chi connectivity index (χ0n) is 6.23. The van der Waals surface area contributed by atoms with Crippen LogP contribution in [0.4, 0.5) is 0 Å². The zero-order chi connectivity index (χ0) is 7.98. The van der Waals surface area contributed by atoms with Crippen molar-refractivity contribution in [2.45, 2.75) is 12.2 Å². The minimum atomic E-state index is -0.422. The highest BCUT2D eigenvalue weighted by atomic mass is 35.5. The quantitative estimate of drug-likeness (QED) is 0.406. The summed E-state index contributed by atoms with van der Waals surface area (Å²) in [6.45, 7) is 3.42. The van der Waals surface area contributed by atoms with Crippen LogP contribution >= 0.6 is 24.2 Å². The maximum atomic E-state index is 9.88. The van der Waals surface area contributed by atoms with E-state index >= 15 is 0 Å². The van der Waals surface area contributed by atoms with E-state index in [-0.39, 0.29) is 17.7 Å². The Kier molecular flexibility index (Phi) is 9.75. The van der Waals surface area contributed by atoms with Crippen LogP contribution in [0, 0.1) is 16.7 Å². The molecule has 0 radical (unpaired) electrons. The number of nitrogens with zero attached hydrogens (tertiary/aromatic N) is 1. The summed E-state index contributed by atoms with van der Waals surface area (Å²) in [5.74, 6) is 0.769. The van der Waals surface area contributed by atoms with E-state index in [2.05, 4.69) is 0 Å². The Morgan fingerprint density at radius 3 is 2.73 bits per heavy atom. The normalized spacial score (nSPS) is 11.5. The lowest BCUT2D eigenvalue weighted by atomic mass is 10.5. The second kappa shape index (κ2) is 7.97. The second-order valence-electron chi connectivity index (χ2n) is 1.80. The number of thioether (sulfide) groups is 1. The van der Waals surface area contributed by atoms with Gasteiger partial charge in [-0.05, 0) is 11.8 Å². The highest BCUT2D eigenvalue weighted by molar-refractivity contribution is 8.00. The van der Waals surface area contributed by atoms with E-state index < -0.39 is 4.92 Å². The lowest BCUT2D eigenvalue weighted by molar-refractivity contribution is -0.436. The van der Waals surface area contributed by atoms with Crippen molar-refractivity contribution in [2.24, 2.45) is 5.73 Å². The van der Waals surface area contributed by atoms with Crippen molar-refractivity contribution < 1.29 is 4.92 Å². The zero-order valence-corrected chi connectivity index (χ0v) is 7.86. The van der Waals surface area contributed by atoms with Gasteiger partial charge in [0.15, 0.2) is 0 Å². The fourth-order valence-electron chi connectivity index (χ4n) is 0.468. The van der Waals surface area contributed by atoms with Crippen molar-refractivity contribution in [1.29, 1.82) is 0 Å². The van der Waals surface area contributed by atoms with Crippen LogP contribution in [-0.2, 0) is 0 Å². The van der Waals surface area contributed by atoms with Crippen LogP contribution in [0.15, 0.2) is 0 Å². The fraction of sp³-hybridized carbons (Fsp3) is 0.800. The topological polar surface area (TPSA) is 69.2 Å². The summed E-state index contributed by atoms with van der Waals surface area (Å²) in [5.41, 5.74) is 5.20. The second-order valence-corrected chi connectivity index (χ2v) is 3.28. The summed E-state index contributed by atoms with van der Waals surface area (Å²) in [5, 5.41) is 9.84. The van der Waals surface area contributed by atoms with Gasteiger partial charge in [-0.2, -0.15) is 11.8 Å². The van der Waals surface area contributed by atoms with Crippen LogP contribution in [-0.4, -0.2) is 22.5 Å². The molecule has 4 nitrogen and oxygen atoms in total. The number of nitrogens with two attached hydrogens (primary N) is 1. The Hall–Kier alpha value is -0.130. The first-order valence-electron chi connectivity index (χ1n) is 2.97. The first-order valence-corrected chi connectivity index (χ1v) is 4.02. The van der Waals surface area contributed by atoms with Gasteiger partial charge in [0, 0.05) is 12.3 Å². The molecule has 0 aromatic rings. The van der Waals surface area contributed by atoms with E-state index in [0.29, 0.717) is 6.54 Å². The van der Waals surface area contributed by atoms with Crippen LogP contribution in [0.25, 0.3) is 0 Å². The van der Waals surface area contributed by atoms with Crippen LogP contribution in [0.5, 0.6) is 0 Å². The summed E-state index contributed by atoms with van der Waals surface area (Å²) in [7, 11) is 0. The molecule has 2 N–H and O–H groups in total. The van der Waals surface area contributed by atoms with Crippen molar-refractivity contribution in [3.8, 4) is 0 Å². The molecule has 1 unspecified atom stereocenters. The molecular weight excluding hydrogens is 188 g/mol. The van der Waals surface area contributed by atoms with Gasteiger partial charge in [0.1, 0.15) is 0 Å². The molecule has 11 heavy (non-hydrogen) atoms. The molecule has 0 heterocycles. The molecule has 6 heteroatoms. The minimum absolute atomic E-state index is 0. The van der Waals surface area contributed by atoms with Gasteiger partial charge in [-0.15, -0.1) is 17.3 Å². The monoisotopic (exact) mass is 199 g/mol. The smallest absolute Gasteiger partial charge is 0.00364 e. The molecule has 0 aromatic carbocycles. The van der Waals surface area contributed by atoms with Gasteiger partial charge < -0.3 is 5.73 Å². The lowest BCUT2D eigenvalue weighted by Crippen LogP contribution is -2.10. The molecule has 1 atom stereocenters. The molecule has 0 spiro atoms. The molecule has 68 valence electrons. The molecule has 0 aliphatic heterocycles. The van der Waals surface area contributed by atoms with Gasteiger partial charge in [0.05, 0.1) is 0 Å². The Morgan fingerprint density at radius 1 is 1.82 bits per heavy atom. The largest absolute Gasteiger partial charge is 0.330 e. The van der Waals surface area contributed by atoms with Crippen molar-refractivity contribution in [3.63, 3.8) is 0 Å². The van der Waals surface area contributed by atoms with E-state index in [0.717, 1.165) is 12.3 Å². The van der Waals surface area contributed by atoms with Gasteiger partial charge in [-0.25, -0.2) is 0 Å². The van der Waals surface area contributed by atoms with E-state index in [1.54, 1.807) is 6.92 Å². The van der Waals surface area contributed by atoms with Crippen LogP contribution in [0.2, 0.25) is 0 Å². The third kappa shape index (κ3) is 9.87. The van der Waals surface area contributed by atoms with Gasteiger partial charge in [0.25, 0.3) is 0 Å². The van der Waals surface area contributed by atoms with Gasteiger partial charge in [0.2, 0.25) is 0 Å². The van der Waals surface area contributed by atoms with Crippen LogP contribution in [0.3, 0.4) is 0 Å². The van der Waals surface area contributed by atoms with E-state index in [4.69, 9.17) is 5.73 Å². The highest BCUT2D eigenvalue weighted by Gasteiger charge is 1.96. The van der Waals surface area contributed by atoms with Gasteiger partial charge >= 0.3 is 0 Å². The molecule has 0 fully saturated rings. The SMILES string of the molecule is CC([CH-][N+](=O)[O-])SCCN.Cl. The Balaban J connectivity index is 0. The predicted octanol–water partition coefficient (Wildman–Crippen LogP) is 0.927. The van der Waals surface area contributed by atoms with Gasteiger partial charge in [-0.3, -0.25) is 10.1 Å².